The minimum absolute atomic E-state index is 0.0388. The lowest BCUT2D eigenvalue weighted by atomic mass is 10.1. The van der Waals surface area contributed by atoms with Gasteiger partial charge in [-0.15, -0.1) is 0 Å². The Labute approximate surface area is 114 Å². The number of anilines is 1. The van der Waals surface area contributed by atoms with Crippen LogP contribution in [0.3, 0.4) is 0 Å². The van der Waals surface area contributed by atoms with E-state index in [1.165, 1.54) is 11.0 Å². The number of alkyl halides is 3. The van der Waals surface area contributed by atoms with Crippen molar-refractivity contribution >= 4 is 17.4 Å². The van der Waals surface area contributed by atoms with Crippen molar-refractivity contribution in [2.75, 3.05) is 18.0 Å². The number of hydrogen-bond donors (Lipinski definition) is 1. The number of rotatable bonds is 4. The Bertz CT molecular complexity index is 446. The van der Waals surface area contributed by atoms with E-state index >= 15 is 0 Å². The Morgan fingerprint density at radius 1 is 1.32 bits per heavy atom. The van der Waals surface area contributed by atoms with E-state index in [2.05, 4.69) is 9.97 Å². The van der Waals surface area contributed by atoms with Crippen LogP contribution >= 0.6 is 11.6 Å². The quantitative estimate of drug-likeness (QED) is 0.868. The first kappa shape index (κ1) is 16.0. The molecule has 0 aromatic carbocycles. The number of nitrogens with zero attached hydrogens (tertiary/aromatic N) is 3. The summed E-state index contributed by atoms with van der Waals surface area (Å²) in [6, 6.07) is 1.24. The van der Waals surface area contributed by atoms with Gasteiger partial charge in [-0.05, 0) is 20.8 Å². The monoisotopic (exact) mass is 297 g/mol. The highest BCUT2D eigenvalue weighted by Gasteiger charge is 2.36. The summed E-state index contributed by atoms with van der Waals surface area (Å²) in [7, 11) is 0. The Kier molecular flexibility index (Phi) is 4.63. The predicted octanol–water partition coefficient (Wildman–Crippen LogP) is 2.75. The van der Waals surface area contributed by atoms with Crippen LogP contribution in [0.1, 0.15) is 26.6 Å². The molecular weight excluding hydrogens is 283 g/mol. The molecule has 0 fully saturated rings. The Morgan fingerprint density at radius 2 is 1.89 bits per heavy atom. The summed E-state index contributed by atoms with van der Waals surface area (Å²) in [6.07, 6.45) is -4.66. The van der Waals surface area contributed by atoms with Gasteiger partial charge in [0.05, 0.1) is 5.60 Å². The summed E-state index contributed by atoms with van der Waals surface area (Å²) in [6.45, 7) is 5.38. The lowest BCUT2D eigenvalue weighted by Crippen LogP contribution is -2.39. The smallest absolute Gasteiger partial charge is 0.389 e. The molecule has 1 rings (SSSR count). The molecule has 1 aromatic heterocycles. The number of likely N-dealkylation sites (N-methyl/N-ethyl adjacent to an activating group) is 1. The largest absolute Gasteiger partial charge is 0.451 e. The molecule has 0 amide bonds. The average Bonchev–Trinajstić information content (AvgIpc) is 2.22. The van der Waals surface area contributed by atoms with Gasteiger partial charge < -0.3 is 10.0 Å². The molecule has 0 saturated heterocycles. The summed E-state index contributed by atoms with van der Waals surface area (Å²) in [5.74, 6) is -1.25. The van der Waals surface area contributed by atoms with Gasteiger partial charge in [-0.2, -0.15) is 13.2 Å². The van der Waals surface area contributed by atoms with Crippen LogP contribution < -0.4 is 4.90 Å². The van der Waals surface area contributed by atoms with Crippen molar-refractivity contribution in [3.63, 3.8) is 0 Å². The molecule has 0 bridgehead atoms. The van der Waals surface area contributed by atoms with Crippen LogP contribution in [-0.2, 0) is 6.18 Å². The van der Waals surface area contributed by atoms with Crippen molar-refractivity contribution in [1.82, 2.24) is 9.97 Å². The zero-order valence-corrected chi connectivity index (χ0v) is 11.5. The second kappa shape index (κ2) is 5.50. The van der Waals surface area contributed by atoms with Crippen molar-refractivity contribution in [3.05, 3.63) is 17.0 Å². The fourth-order valence-electron chi connectivity index (χ4n) is 1.52. The molecule has 0 aliphatic heterocycles. The molecule has 0 spiro atoms. The summed E-state index contributed by atoms with van der Waals surface area (Å²) in [5, 5.41) is 9.45. The zero-order chi connectivity index (χ0) is 14.8. The average molecular weight is 298 g/mol. The molecule has 0 radical (unpaired) electrons. The Morgan fingerprint density at radius 3 is 2.32 bits per heavy atom. The molecule has 1 aromatic rings. The van der Waals surface area contributed by atoms with Crippen LogP contribution in [0.15, 0.2) is 6.07 Å². The summed E-state index contributed by atoms with van der Waals surface area (Å²) < 4.78 is 37.8. The molecule has 0 unspecified atom stereocenters. The lowest BCUT2D eigenvalue weighted by molar-refractivity contribution is -0.144. The summed E-state index contributed by atoms with van der Waals surface area (Å²) >= 11 is 5.59. The molecule has 0 atom stereocenters. The highest BCUT2D eigenvalue weighted by Crippen LogP contribution is 2.29. The summed E-state index contributed by atoms with van der Waals surface area (Å²) in [5.41, 5.74) is -1.06. The maximum absolute atomic E-state index is 12.6. The molecule has 0 saturated carbocycles. The van der Waals surface area contributed by atoms with Gasteiger partial charge in [-0.3, -0.25) is 0 Å². The normalized spacial score (nSPS) is 12.6. The van der Waals surface area contributed by atoms with Gasteiger partial charge in [-0.25, -0.2) is 9.97 Å². The SMILES string of the molecule is CCN(CC(C)(C)O)c1cc(Cl)nc(C(F)(F)F)n1. The Balaban J connectivity index is 3.14. The van der Waals surface area contributed by atoms with E-state index in [9.17, 15) is 18.3 Å². The first-order chi connectivity index (χ1) is 8.53. The van der Waals surface area contributed by atoms with Crippen LogP contribution in [0.4, 0.5) is 19.0 Å². The first-order valence-corrected chi connectivity index (χ1v) is 6.00. The summed E-state index contributed by atoms with van der Waals surface area (Å²) in [4.78, 5) is 8.12. The number of aromatic nitrogens is 2. The fourth-order valence-corrected chi connectivity index (χ4v) is 1.69. The molecule has 0 aliphatic carbocycles. The maximum atomic E-state index is 12.6. The van der Waals surface area contributed by atoms with Crippen molar-refractivity contribution < 1.29 is 18.3 Å². The predicted molar refractivity (Wildman–Crippen MR) is 66.2 cm³/mol. The lowest BCUT2D eigenvalue weighted by Gasteiger charge is -2.29. The van der Waals surface area contributed by atoms with Gasteiger partial charge in [0, 0.05) is 19.2 Å². The molecule has 4 nitrogen and oxygen atoms in total. The van der Waals surface area contributed by atoms with Crippen LogP contribution in [0.5, 0.6) is 0 Å². The van der Waals surface area contributed by atoms with Gasteiger partial charge in [0.25, 0.3) is 0 Å². The fraction of sp³-hybridized carbons (Fsp3) is 0.636. The third-order valence-electron chi connectivity index (χ3n) is 2.22. The van der Waals surface area contributed by atoms with Crippen LogP contribution in [-0.4, -0.2) is 33.8 Å². The minimum atomic E-state index is -4.66. The highest BCUT2D eigenvalue weighted by atomic mass is 35.5. The molecule has 8 heteroatoms. The molecule has 1 heterocycles. The van der Waals surface area contributed by atoms with E-state index in [0.717, 1.165) is 0 Å². The second-order valence-corrected chi connectivity index (χ2v) is 5.08. The topological polar surface area (TPSA) is 49.2 Å². The van der Waals surface area contributed by atoms with E-state index in [0.29, 0.717) is 6.54 Å². The second-order valence-electron chi connectivity index (χ2n) is 4.70. The van der Waals surface area contributed by atoms with Crippen molar-refractivity contribution in [3.8, 4) is 0 Å². The molecule has 108 valence electrons. The number of aliphatic hydroxyl groups is 1. The standard InChI is InChI=1S/C11H15ClF3N3O/c1-4-18(6-10(2,3)19)8-5-7(12)16-9(17-8)11(13,14)15/h5,19H,4,6H2,1-3H3. The number of hydrogen-bond acceptors (Lipinski definition) is 4. The first-order valence-electron chi connectivity index (χ1n) is 5.62. The van der Waals surface area contributed by atoms with Gasteiger partial charge in [0.2, 0.25) is 5.82 Å². The van der Waals surface area contributed by atoms with Gasteiger partial charge in [0.1, 0.15) is 11.0 Å². The van der Waals surface area contributed by atoms with Crippen molar-refractivity contribution in [1.29, 1.82) is 0 Å². The van der Waals surface area contributed by atoms with Gasteiger partial charge in [0.15, 0.2) is 0 Å². The molecule has 0 aliphatic rings. The van der Waals surface area contributed by atoms with E-state index in [-0.39, 0.29) is 17.5 Å². The Hall–Kier alpha value is -1.08. The van der Waals surface area contributed by atoms with E-state index in [1.807, 2.05) is 0 Å². The molecule has 19 heavy (non-hydrogen) atoms. The van der Waals surface area contributed by atoms with E-state index in [1.54, 1.807) is 20.8 Å². The highest BCUT2D eigenvalue weighted by molar-refractivity contribution is 6.29. The van der Waals surface area contributed by atoms with Crippen LogP contribution in [0, 0.1) is 0 Å². The van der Waals surface area contributed by atoms with Gasteiger partial charge in [-0.1, -0.05) is 11.6 Å². The van der Waals surface area contributed by atoms with E-state index < -0.39 is 17.6 Å². The maximum Gasteiger partial charge on any atom is 0.451 e. The minimum Gasteiger partial charge on any atom is -0.389 e. The van der Waals surface area contributed by atoms with Crippen molar-refractivity contribution in [2.45, 2.75) is 32.5 Å². The zero-order valence-electron chi connectivity index (χ0n) is 10.8. The third-order valence-corrected chi connectivity index (χ3v) is 2.41. The molecule has 1 N–H and O–H groups in total. The molecular formula is C11H15ClF3N3O. The van der Waals surface area contributed by atoms with Gasteiger partial charge >= 0.3 is 6.18 Å². The van der Waals surface area contributed by atoms with E-state index in [4.69, 9.17) is 11.6 Å². The third kappa shape index (κ3) is 4.83. The van der Waals surface area contributed by atoms with Crippen LogP contribution in [0.25, 0.3) is 0 Å². The number of halogens is 4. The van der Waals surface area contributed by atoms with Crippen molar-refractivity contribution in [2.24, 2.45) is 0 Å². The van der Waals surface area contributed by atoms with Crippen LogP contribution in [0.2, 0.25) is 5.15 Å².